The van der Waals surface area contributed by atoms with Gasteiger partial charge in [-0.15, -0.1) is 11.3 Å². The minimum atomic E-state index is -0.614. The molecule has 0 N–H and O–H groups in total. The SMILES string of the molecule is N#Cc1cc(F)c(C=O)s1. The minimum Gasteiger partial charge on any atom is -0.297 e. The first-order chi connectivity index (χ1) is 4.77. The highest BCUT2D eigenvalue weighted by Gasteiger charge is 2.05. The number of hydrogen-bond donors (Lipinski definition) is 0. The first-order valence-corrected chi connectivity index (χ1v) is 3.24. The zero-order chi connectivity index (χ0) is 7.56. The molecule has 0 aliphatic rings. The normalized spacial score (nSPS) is 8.80. The van der Waals surface area contributed by atoms with Gasteiger partial charge in [0.05, 0.1) is 0 Å². The Bertz CT molecular complexity index is 299. The third-order valence-electron chi connectivity index (χ3n) is 0.930. The van der Waals surface area contributed by atoms with E-state index in [9.17, 15) is 9.18 Å². The molecule has 0 aliphatic heterocycles. The number of halogens is 1. The van der Waals surface area contributed by atoms with Crippen molar-refractivity contribution in [2.75, 3.05) is 0 Å². The average Bonchev–Trinajstić information content (AvgIpc) is 2.30. The molecule has 0 atom stereocenters. The second-order valence-electron chi connectivity index (χ2n) is 1.55. The van der Waals surface area contributed by atoms with Gasteiger partial charge in [-0.05, 0) is 0 Å². The second-order valence-corrected chi connectivity index (χ2v) is 2.64. The summed E-state index contributed by atoms with van der Waals surface area (Å²) in [7, 11) is 0. The van der Waals surface area contributed by atoms with Crippen LogP contribution in [0.3, 0.4) is 0 Å². The van der Waals surface area contributed by atoms with E-state index in [1.807, 2.05) is 0 Å². The van der Waals surface area contributed by atoms with Crippen LogP contribution in [0.1, 0.15) is 14.5 Å². The number of carbonyl (C=O) groups is 1. The molecule has 0 radical (unpaired) electrons. The molecular formula is C6H2FNOS. The molecule has 0 saturated heterocycles. The van der Waals surface area contributed by atoms with E-state index in [-0.39, 0.29) is 9.75 Å². The van der Waals surface area contributed by atoms with Gasteiger partial charge in [-0.3, -0.25) is 4.79 Å². The fraction of sp³-hybridized carbons (Fsp3) is 0. The molecule has 0 aliphatic carbocycles. The third-order valence-corrected chi connectivity index (χ3v) is 1.87. The van der Waals surface area contributed by atoms with Gasteiger partial charge in [-0.25, -0.2) is 4.39 Å². The highest BCUT2D eigenvalue weighted by Crippen LogP contribution is 2.17. The van der Waals surface area contributed by atoms with E-state index in [1.54, 1.807) is 6.07 Å². The first-order valence-electron chi connectivity index (χ1n) is 2.42. The van der Waals surface area contributed by atoms with Crippen LogP contribution in [0.4, 0.5) is 4.39 Å². The highest BCUT2D eigenvalue weighted by atomic mass is 32.1. The Morgan fingerprint density at radius 1 is 1.80 bits per heavy atom. The smallest absolute Gasteiger partial charge is 0.163 e. The van der Waals surface area contributed by atoms with Crippen LogP contribution in [0.15, 0.2) is 6.07 Å². The summed E-state index contributed by atoms with van der Waals surface area (Å²) < 4.78 is 12.4. The molecule has 1 aromatic rings. The standard InChI is InChI=1S/C6H2FNOS/c7-5-1-4(2-8)10-6(5)3-9/h1,3H. The average molecular weight is 155 g/mol. The van der Waals surface area contributed by atoms with Gasteiger partial charge in [0.15, 0.2) is 6.29 Å². The van der Waals surface area contributed by atoms with Gasteiger partial charge in [0.2, 0.25) is 0 Å². The molecular weight excluding hydrogens is 153 g/mol. The zero-order valence-electron chi connectivity index (χ0n) is 4.80. The summed E-state index contributed by atoms with van der Waals surface area (Å²) in [5, 5.41) is 8.25. The maximum absolute atomic E-state index is 12.4. The summed E-state index contributed by atoms with van der Waals surface area (Å²) in [5.74, 6) is -0.614. The van der Waals surface area contributed by atoms with Crippen LogP contribution in [0.2, 0.25) is 0 Å². The van der Waals surface area contributed by atoms with Gasteiger partial charge in [-0.1, -0.05) is 0 Å². The van der Waals surface area contributed by atoms with Crippen LogP contribution in [-0.2, 0) is 0 Å². The Labute approximate surface area is 60.5 Å². The molecule has 0 bridgehead atoms. The lowest BCUT2D eigenvalue weighted by Gasteiger charge is -1.74. The largest absolute Gasteiger partial charge is 0.297 e. The highest BCUT2D eigenvalue weighted by molar-refractivity contribution is 7.14. The quantitative estimate of drug-likeness (QED) is 0.577. The predicted molar refractivity (Wildman–Crippen MR) is 34.4 cm³/mol. The molecule has 1 heterocycles. The lowest BCUT2D eigenvalue weighted by Crippen LogP contribution is -1.73. The van der Waals surface area contributed by atoms with Crippen LogP contribution < -0.4 is 0 Å². The van der Waals surface area contributed by atoms with E-state index < -0.39 is 5.82 Å². The molecule has 0 saturated carbocycles. The van der Waals surface area contributed by atoms with Crippen molar-refractivity contribution in [2.24, 2.45) is 0 Å². The zero-order valence-corrected chi connectivity index (χ0v) is 5.61. The fourth-order valence-corrected chi connectivity index (χ4v) is 1.17. The van der Waals surface area contributed by atoms with Crippen molar-refractivity contribution in [3.05, 3.63) is 21.6 Å². The van der Waals surface area contributed by atoms with E-state index >= 15 is 0 Å². The van der Waals surface area contributed by atoms with Crippen molar-refractivity contribution in [1.82, 2.24) is 0 Å². The Morgan fingerprint density at radius 2 is 2.50 bits per heavy atom. The number of nitriles is 1. The third kappa shape index (κ3) is 1.04. The number of rotatable bonds is 1. The molecule has 1 aromatic heterocycles. The maximum atomic E-state index is 12.4. The monoisotopic (exact) mass is 155 g/mol. The van der Waals surface area contributed by atoms with Gasteiger partial charge in [0.1, 0.15) is 21.6 Å². The molecule has 50 valence electrons. The van der Waals surface area contributed by atoms with E-state index in [0.29, 0.717) is 6.29 Å². The van der Waals surface area contributed by atoms with Crippen molar-refractivity contribution in [1.29, 1.82) is 5.26 Å². The molecule has 10 heavy (non-hydrogen) atoms. The molecule has 0 spiro atoms. The van der Waals surface area contributed by atoms with Gasteiger partial charge < -0.3 is 0 Å². The van der Waals surface area contributed by atoms with E-state index in [1.165, 1.54) is 0 Å². The molecule has 0 fully saturated rings. The van der Waals surface area contributed by atoms with Crippen LogP contribution >= 0.6 is 11.3 Å². The van der Waals surface area contributed by atoms with Crippen molar-refractivity contribution in [2.45, 2.75) is 0 Å². The summed E-state index contributed by atoms with van der Waals surface area (Å²) in [6, 6.07) is 2.79. The number of carbonyl (C=O) groups excluding carboxylic acids is 1. The van der Waals surface area contributed by atoms with E-state index in [2.05, 4.69) is 0 Å². The molecule has 0 aromatic carbocycles. The summed E-state index contributed by atoms with van der Waals surface area (Å²) in [6.45, 7) is 0. The summed E-state index contributed by atoms with van der Waals surface area (Å²) >= 11 is 0.855. The first kappa shape index (κ1) is 6.90. The number of hydrogen-bond acceptors (Lipinski definition) is 3. The maximum Gasteiger partial charge on any atom is 0.163 e. The van der Waals surface area contributed by atoms with Crippen LogP contribution in [-0.4, -0.2) is 6.29 Å². The van der Waals surface area contributed by atoms with Crippen molar-refractivity contribution < 1.29 is 9.18 Å². The molecule has 2 nitrogen and oxygen atoms in total. The van der Waals surface area contributed by atoms with E-state index in [4.69, 9.17) is 5.26 Å². The van der Waals surface area contributed by atoms with Crippen LogP contribution in [0.5, 0.6) is 0 Å². The fourth-order valence-electron chi connectivity index (χ4n) is 0.518. The lowest BCUT2D eigenvalue weighted by atomic mass is 10.4. The second kappa shape index (κ2) is 2.58. The van der Waals surface area contributed by atoms with Gasteiger partial charge in [-0.2, -0.15) is 5.26 Å². The number of aldehydes is 1. The summed E-state index contributed by atoms with van der Waals surface area (Å²) in [5.41, 5.74) is 0. The van der Waals surface area contributed by atoms with Gasteiger partial charge in [0.25, 0.3) is 0 Å². The van der Waals surface area contributed by atoms with Crippen molar-refractivity contribution >= 4 is 17.6 Å². The summed E-state index contributed by atoms with van der Waals surface area (Å²) in [6.07, 6.45) is 0.404. The Morgan fingerprint density at radius 3 is 2.80 bits per heavy atom. The molecule has 4 heteroatoms. The van der Waals surface area contributed by atoms with Crippen LogP contribution in [0.25, 0.3) is 0 Å². The Kier molecular flexibility index (Phi) is 1.78. The van der Waals surface area contributed by atoms with Gasteiger partial charge >= 0.3 is 0 Å². The molecule has 0 amide bonds. The van der Waals surface area contributed by atoms with E-state index in [0.717, 1.165) is 17.4 Å². The summed E-state index contributed by atoms with van der Waals surface area (Å²) in [4.78, 5) is 10.2. The predicted octanol–water partition coefficient (Wildman–Crippen LogP) is 1.57. The number of thiophene rings is 1. The molecule has 1 rings (SSSR count). The minimum absolute atomic E-state index is 0.0171. The molecule has 0 unspecified atom stereocenters. The number of nitrogens with zero attached hydrogens (tertiary/aromatic N) is 1. The van der Waals surface area contributed by atoms with Crippen molar-refractivity contribution in [3.8, 4) is 6.07 Å². The topological polar surface area (TPSA) is 40.9 Å². The van der Waals surface area contributed by atoms with Crippen LogP contribution in [0, 0.1) is 17.1 Å². The lowest BCUT2D eigenvalue weighted by molar-refractivity contribution is 0.112. The van der Waals surface area contributed by atoms with Crippen molar-refractivity contribution in [3.63, 3.8) is 0 Å². The Balaban J connectivity index is 3.19. The van der Waals surface area contributed by atoms with Gasteiger partial charge in [0, 0.05) is 6.07 Å². The Hall–Kier alpha value is -1.21.